The number of methoxy groups -OCH3 is 1. The topological polar surface area (TPSA) is 49.9 Å². The molecule has 1 aromatic carbocycles. The number of hydrogen-bond acceptors (Lipinski definition) is 3. The van der Waals surface area contributed by atoms with E-state index in [-0.39, 0.29) is 23.8 Å². The first-order valence-corrected chi connectivity index (χ1v) is 8.83. The van der Waals surface area contributed by atoms with Crippen LogP contribution in [0.2, 0.25) is 0 Å². The maximum absolute atomic E-state index is 12.7. The van der Waals surface area contributed by atoms with Gasteiger partial charge in [0.15, 0.2) is 0 Å². The van der Waals surface area contributed by atoms with E-state index in [1.165, 1.54) is 0 Å². The lowest BCUT2D eigenvalue weighted by Gasteiger charge is -2.35. The summed E-state index contributed by atoms with van der Waals surface area (Å²) in [5, 5.41) is 0. The van der Waals surface area contributed by atoms with Crippen LogP contribution in [-0.4, -0.2) is 54.4 Å². The van der Waals surface area contributed by atoms with Gasteiger partial charge in [-0.25, -0.2) is 0 Å². The van der Waals surface area contributed by atoms with Crippen LogP contribution in [0.3, 0.4) is 0 Å². The number of ether oxygens (including phenoxy) is 1. The van der Waals surface area contributed by atoms with Crippen molar-refractivity contribution >= 4 is 11.8 Å². The van der Waals surface area contributed by atoms with E-state index in [9.17, 15) is 9.59 Å². The predicted molar refractivity (Wildman–Crippen MR) is 91.8 cm³/mol. The molecule has 0 aliphatic carbocycles. The highest BCUT2D eigenvalue weighted by atomic mass is 16.5. The third kappa shape index (κ3) is 3.40. The number of amides is 2. The van der Waals surface area contributed by atoms with E-state index in [0.717, 1.165) is 37.1 Å². The molecule has 0 spiro atoms. The third-order valence-corrected chi connectivity index (χ3v) is 5.12. The molecule has 0 unspecified atom stereocenters. The van der Waals surface area contributed by atoms with Crippen LogP contribution in [0, 0.1) is 5.92 Å². The van der Waals surface area contributed by atoms with Gasteiger partial charge >= 0.3 is 0 Å². The molecule has 0 aromatic heterocycles. The van der Waals surface area contributed by atoms with E-state index in [2.05, 4.69) is 6.92 Å². The van der Waals surface area contributed by atoms with E-state index < -0.39 is 0 Å². The summed E-state index contributed by atoms with van der Waals surface area (Å²) in [6, 6.07) is 7.80. The summed E-state index contributed by atoms with van der Waals surface area (Å²) in [5.41, 5.74) is 0.981. The molecule has 130 valence electrons. The minimum atomic E-state index is -0.0184. The summed E-state index contributed by atoms with van der Waals surface area (Å²) in [6.45, 7) is 4.15. The number of carbonyl (C=O) groups excluding carboxylic acids is 2. The molecule has 24 heavy (non-hydrogen) atoms. The molecule has 5 nitrogen and oxygen atoms in total. The lowest BCUT2D eigenvalue weighted by Crippen LogP contribution is -2.48. The molecule has 3 saturated heterocycles. The van der Waals surface area contributed by atoms with Gasteiger partial charge in [0.2, 0.25) is 11.8 Å². The Balaban J connectivity index is 1.68. The van der Waals surface area contributed by atoms with Gasteiger partial charge in [-0.15, -0.1) is 0 Å². The SMILES string of the molecule is CCCN1C(=O)[C@H]2CC[C@@H]1CN(C(=O)Cc1ccc(OC)cc1)C2. The molecule has 1 aromatic rings. The number of carbonyl (C=O) groups is 2. The highest BCUT2D eigenvalue weighted by Gasteiger charge is 2.41. The van der Waals surface area contributed by atoms with Crippen molar-refractivity contribution in [3.63, 3.8) is 0 Å². The molecule has 3 fully saturated rings. The van der Waals surface area contributed by atoms with E-state index in [1.54, 1.807) is 7.11 Å². The van der Waals surface area contributed by atoms with Gasteiger partial charge in [-0.2, -0.15) is 0 Å². The number of fused-ring (bicyclic) bond motifs is 4. The van der Waals surface area contributed by atoms with Crippen molar-refractivity contribution < 1.29 is 14.3 Å². The lowest BCUT2D eigenvalue weighted by molar-refractivity contribution is -0.139. The zero-order valence-electron chi connectivity index (χ0n) is 14.5. The highest BCUT2D eigenvalue weighted by molar-refractivity contribution is 5.84. The zero-order chi connectivity index (χ0) is 17.1. The molecular formula is C19H26N2O3. The van der Waals surface area contributed by atoms with Crippen LogP contribution in [0.1, 0.15) is 31.7 Å². The van der Waals surface area contributed by atoms with Crippen molar-refractivity contribution in [2.24, 2.45) is 5.92 Å². The fraction of sp³-hybridized carbons (Fsp3) is 0.579. The zero-order valence-corrected chi connectivity index (χ0v) is 14.5. The second-order valence-corrected chi connectivity index (χ2v) is 6.78. The van der Waals surface area contributed by atoms with Crippen molar-refractivity contribution in [1.29, 1.82) is 0 Å². The Morgan fingerprint density at radius 1 is 1.21 bits per heavy atom. The molecule has 0 N–H and O–H groups in total. The Kier molecular flexibility index (Phi) is 5.07. The second kappa shape index (κ2) is 7.24. The number of piperidine rings is 1. The molecule has 3 heterocycles. The van der Waals surface area contributed by atoms with Crippen LogP contribution in [0.25, 0.3) is 0 Å². The number of rotatable bonds is 5. The molecule has 5 heteroatoms. The van der Waals surface area contributed by atoms with Crippen molar-refractivity contribution in [3.8, 4) is 5.75 Å². The lowest BCUT2D eigenvalue weighted by atomic mass is 9.94. The summed E-state index contributed by atoms with van der Waals surface area (Å²) < 4.78 is 5.15. The van der Waals surface area contributed by atoms with E-state index in [4.69, 9.17) is 4.74 Å². The Morgan fingerprint density at radius 3 is 2.62 bits per heavy atom. The van der Waals surface area contributed by atoms with Crippen LogP contribution in [0.5, 0.6) is 5.75 Å². The van der Waals surface area contributed by atoms with Gasteiger partial charge in [-0.1, -0.05) is 19.1 Å². The predicted octanol–water partition coefficient (Wildman–Crippen LogP) is 2.10. The number of nitrogens with zero attached hydrogens (tertiary/aromatic N) is 2. The van der Waals surface area contributed by atoms with Crippen LogP contribution < -0.4 is 4.74 Å². The maximum Gasteiger partial charge on any atom is 0.227 e. The summed E-state index contributed by atoms with van der Waals surface area (Å²) in [7, 11) is 1.63. The van der Waals surface area contributed by atoms with Gasteiger partial charge in [-0.3, -0.25) is 9.59 Å². The first-order valence-electron chi connectivity index (χ1n) is 8.83. The van der Waals surface area contributed by atoms with E-state index in [1.807, 2.05) is 34.1 Å². The first kappa shape index (κ1) is 16.8. The molecule has 4 rings (SSSR count). The normalized spacial score (nSPS) is 23.3. The Bertz CT molecular complexity index is 599. The third-order valence-electron chi connectivity index (χ3n) is 5.12. The fourth-order valence-corrected chi connectivity index (χ4v) is 3.81. The molecule has 2 amide bonds. The highest BCUT2D eigenvalue weighted by Crippen LogP contribution is 2.29. The largest absolute Gasteiger partial charge is 0.497 e. The van der Waals surface area contributed by atoms with Crippen molar-refractivity contribution in [1.82, 2.24) is 9.80 Å². The summed E-state index contributed by atoms with van der Waals surface area (Å²) in [6.07, 6.45) is 3.28. The number of benzene rings is 1. The molecule has 0 saturated carbocycles. The molecule has 3 aliphatic rings. The van der Waals surface area contributed by atoms with Crippen LogP contribution in [-0.2, 0) is 16.0 Å². The van der Waals surface area contributed by atoms with Gasteiger partial charge in [0, 0.05) is 25.7 Å². The first-order chi connectivity index (χ1) is 11.6. The average molecular weight is 330 g/mol. The smallest absolute Gasteiger partial charge is 0.227 e. The van der Waals surface area contributed by atoms with Gasteiger partial charge in [0.05, 0.1) is 19.4 Å². The van der Waals surface area contributed by atoms with Crippen molar-refractivity contribution in [2.75, 3.05) is 26.7 Å². The van der Waals surface area contributed by atoms with Gasteiger partial charge in [-0.05, 0) is 37.0 Å². The quantitative estimate of drug-likeness (QED) is 0.831. The second-order valence-electron chi connectivity index (χ2n) is 6.78. The fourth-order valence-electron chi connectivity index (χ4n) is 3.81. The van der Waals surface area contributed by atoms with Gasteiger partial charge in [0.25, 0.3) is 0 Å². The maximum atomic E-state index is 12.7. The molecule has 2 bridgehead atoms. The molecule has 0 radical (unpaired) electrons. The van der Waals surface area contributed by atoms with E-state index in [0.29, 0.717) is 19.5 Å². The minimum absolute atomic E-state index is 0.0184. The molecular weight excluding hydrogens is 304 g/mol. The van der Waals surface area contributed by atoms with Crippen LogP contribution in [0.15, 0.2) is 24.3 Å². The van der Waals surface area contributed by atoms with Crippen molar-refractivity contribution in [2.45, 2.75) is 38.6 Å². The Hall–Kier alpha value is -2.04. The minimum Gasteiger partial charge on any atom is -0.497 e. The van der Waals surface area contributed by atoms with Gasteiger partial charge in [0.1, 0.15) is 5.75 Å². The summed E-state index contributed by atoms with van der Waals surface area (Å²) in [5.74, 6) is 1.13. The Morgan fingerprint density at radius 2 is 1.96 bits per heavy atom. The average Bonchev–Trinajstić information content (AvgIpc) is 2.89. The summed E-state index contributed by atoms with van der Waals surface area (Å²) >= 11 is 0. The standard InChI is InChI=1S/C19H26N2O3/c1-3-10-21-16-7-6-15(19(21)23)12-20(13-16)18(22)11-14-4-8-17(24-2)9-5-14/h4-5,8-9,15-16H,3,6-7,10-13H2,1-2H3/t15-,16+/m0/s1. The van der Waals surface area contributed by atoms with Crippen LogP contribution in [0.4, 0.5) is 0 Å². The monoisotopic (exact) mass is 330 g/mol. The summed E-state index contributed by atoms with van der Waals surface area (Å²) in [4.78, 5) is 29.2. The molecule has 3 aliphatic heterocycles. The van der Waals surface area contributed by atoms with Gasteiger partial charge < -0.3 is 14.5 Å². The van der Waals surface area contributed by atoms with Crippen LogP contribution >= 0.6 is 0 Å². The molecule has 2 atom stereocenters. The van der Waals surface area contributed by atoms with Crippen molar-refractivity contribution in [3.05, 3.63) is 29.8 Å². The Labute approximate surface area is 143 Å². The van der Waals surface area contributed by atoms with E-state index >= 15 is 0 Å². The number of hydrogen-bond donors (Lipinski definition) is 0.